The second-order valence-corrected chi connectivity index (χ2v) is 4.77. The fourth-order valence-corrected chi connectivity index (χ4v) is 2.02. The van der Waals surface area contributed by atoms with Crippen LogP contribution in [0.5, 0.6) is 0 Å². The molecule has 0 aliphatic heterocycles. The van der Waals surface area contributed by atoms with Crippen LogP contribution in [0.25, 0.3) is 0 Å². The van der Waals surface area contributed by atoms with E-state index in [1.54, 1.807) is 0 Å². The molecule has 0 saturated heterocycles. The molecule has 0 spiro atoms. The largest absolute Gasteiger partial charge is 0.284 e. The number of hydrogen-bond acceptors (Lipinski definition) is 5. The van der Waals surface area contributed by atoms with Crippen molar-refractivity contribution in [2.45, 2.75) is 4.90 Å². The number of hydrogen-bond donors (Lipinski definition) is 2. The summed E-state index contributed by atoms with van der Waals surface area (Å²) in [5.41, 5.74) is 0.358. The summed E-state index contributed by atoms with van der Waals surface area (Å²) < 4.78 is 25.7. The van der Waals surface area contributed by atoms with Crippen molar-refractivity contribution in [3.63, 3.8) is 0 Å². The SMILES string of the molecule is N#Cc1ccc(NS(=O)(=O)c2cn[nH]c2)nc1. The topological polar surface area (TPSA) is 112 Å². The van der Waals surface area contributed by atoms with E-state index >= 15 is 0 Å². The standard InChI is InChI=1S/C9H7N5O2S/c10-3-7-1-2-9(11-4-7)14-17(15,16)8-5-12-13-6-8/h1-2,4-6H,(H,11,14)(H,12,13). The Morgan fingerprint density at radius 3 is 2.71 bits per heavy atom. The minimum atomic E-state index is -3.68. The van der Waals surface area contributed by atoms with E-state index in [0.29, 0.717) is 5.56 Å². The van der Waals surface area contributed by atoms with Crippen molar-refractivity contribution < 1.29 is 8.42 Å². The smallest absolute Gasteiger partial charge is 0.266 e. The lowest BCUT2D eigenvalue weighted by Gasteiger charge is -2.04. The third-order valence-corrected chi connectivity index (χ3v) is 3.24. The first-order valence-electron chi connectivity index (χ1n) is 4.49. The second kappa shape index (κ2) is 4.23. The predicted octanol–water partition coefficient (Wildman–Crippen LogP) is 0.477. The Hall–Kier alpha value is -2.40. The van der Waals surface area contributed by atoms with Crippen LogP contribution in [0, 0.1) is 11.3 Å². The summed E-state index contributed by atoms with van der Waals surface area (Å²) >= 11 is 0. The molecule has 2 rings (SSSR count). The molecule has 2 aromatic rings. The summed E-state index contributed by atoms with van der Waals surface area (Å²) in [6.07, 6.45) is 3.73. The van der Waals surface area contributed by atoms with Crippen LogP contribution in [-0.2, 0) is 10.0 Å². The van der Waals surface area contributed by atoms with Crippen molar-refractivity contribution >= 4 is 15.8 Å². The Morgan fingerprint density at radius 1 is 1.35 bits per heavy atom. The summed E-state index contributed by atoms with van der Waals surface area (Å²) in [6, 6.07) is 4.78. The van der Waals surface area contributed by atoms with Gasteiger partial charge >= 0.3 is 0 Å². The van der Waals surface area contributed by atoms with Crippen molar-refractivity contribution in [2.75, 3.05) is 4.72 Å². The maximum Gasteiger partial charge on any atom is 0.266 e. The molecule has 0 amide bonds. The highest BCUT2D eigenvalue weighted by atomic mass is 32.2. The minimum absolute atomic E-state index is 0.0173. The maximum absolute atomic E-state index is 11.7. The molecule has 2 N–H and O–H groups in total. The van der Waals surface area contributed by atoms with E-state index in [1.165, 1.54) is 30.7 Å². The molecule has 0 aromatic carbocycles. The molecule has 0 unspecified atom stereocenters. The van der Waals surface area contributed by atoms with Crippen LogP contribution in [0.15, 0.2) is 35.6 Å². The lowest BCUT2D eigenvalue weighted by molar-refractivity contribution is 0.601. The molecule has 8 heteroatoms. The fourth-order valence-electron chi connectivity index (χ4n) is 1.10. The first-order chi connectivity index (χ1) is 8.12. The molecule has 0 saturated carbocycles. The summed E-state index contributed by atoms with van der Waals surface area (Å²) in [5, 5.41) is 14.5. The zero-order chi connectivity index (χ0) is 12.3. The number of pyridine rings is 1. The van der Waals surface area contributed by atoms with Crippen LogP contribution in [0.4, 0.5) is 5.82 Å². The Labute approximate surface area is 97.2 Å². The van der Waals surface area contributed by atoms with Gasteiger partial charge in [-0.2, -0.15) is 10.4 Å². The van der Waals surface area contributed by atoms with E-state index in [1.807, 2.05) is 6.07 Å². The Balaban J connectivity index is 2.24. The summed E-state index contributed by atoms with van der Waals surface area (Å²) in [4.78, 5) is 3.82. The maximum atomic E-state index is 11.7. The molecule has 0 atom stereocenters. The second-order valence-electron chi connectivity index (χ2n) is 3.08. The molecule has 0 aliphatic rings. The van der Waals surface area contributed by atoms with Gasteiger partial charge in [-0.1, -0.05) is 0 Å². The van der Waals surface area contributed by atoms with E-state index in [-0.39, 0.29) is 10.7 Å². The van der Waals surface area contributed by atoms with Crippen molar-refractivity contribution in [3.05, 3.63) is 36.3 Å². The zero-order valence-corrected chi connectivity index (χ0v) is 9.27. The zero-order valence-electron chi connectivity index (χ0n) is 8.45. The molecule has 2 heterocycles. The fraction of sp³-hybridized carbons (Fsp3) is 0. The van der Waals surface area contributed by atoms with Gasteiger partial charge in [-0.15, -0.1) is 0 Å². The van der Waals surface area contributed by atoms with Gasteiger partial charge in [0.05, 0.1) is 11.8 Å². The molecule has 0 bridgehead atoms. The average molecular weight is 249 g/mol. The third-order valence-electron chi connectivity index (χ3n) is 1.91. The Kier molecular flexibility index (Phi) is 2.76. The van der Waals surface area contributed by atoms with Crippen molar-refractivity contribution in [1.82, 2.24) is 15.2 Å². The molecule has 0 radical (unpaired) electrons. The van der Waals surface area contributed by atoms with Crippen LogP contribution in [0.2, 0.25) is 0 Å². The highest BCUT2D eigenvalue weighted by Crippen LogP contribution is 2.12. The van der Waals surface area contributed by atoms with Gasteiger partial charge in [-0.05, 0) is 12.1 Å². The highest BCUT2D eigenvalue weighted by Gasteiger charge is 2.15. The number of aromatic amines is 1. The quantitative estimate of drug-likeness (QED) is 0.821. The van der Waals surface area contributed by atoms with Gasteiger partial charge in [0.2, 0.25) is 0 Å². The predicted molar refractivity (Wildman–Crippen MR) is 58.3 cm³/mol. The first-order valence-corrected chi connectivity index (χ1v) is 5.98. The Morgan fingerprint density at radius 2 is 2.18 bits per heavy atom. The van der Waals surface area contributed by atoms with Gasteiger partial charge in [0.1, 0.15) is 16.8 Å². The van der Waals surface area contributed by atoms with Gasteiger partial charge in [0.25, 0.3) is 10.0 Å². The van der Waals surface area contributed by atoms with Crippen LogP contribution in [-0.4, -0.2) is 23.6 Å². The minimum Gasteiger partial charge on any atom is -0.284 e. The molecule has 0 fully saturated rings. The molecule has 17 heavy (non-hydrogen) atoms. The van der Waals surface area contributed by atoms with E-state index < -0.39 is 10.0 Å². The summed E-state index contributed by atoms with van der Waals surface area (Å²) in [5.74, 6) is 0.144. The highest BCUT2D eigenvalue weighted by molar-refractivity contribution is 7.92. The summed E-state index contributed by atoms with van der Waals surface area (Å²) in [7, 11) is -3.68. The Bertz CT molecular complexity index is 640. The van der Waals surface area contributed by atoms with Crippen molar-refractivity contribution in [2.24, 2.45) is 0 Å². The molecular formula is C9H7N5O2S. The van der Waals surface area contributed by atoms with E-state index in [0.717, 1.165) is 0 Å². The monoisotopic (exact) mass is 249 g/mol. The van der Waals surface area contributed by atoms with E-state index in [9.17, 15) is 8.42 Å². The third kappa shape index (κ3) is 2.40. The van der Waals surface area contributed by atoms with Gasteiger partial charge in [-0.3, -0.25) is 9.82 Å². The first kappa shape index (κ1) is 11.1. The molecule has 2 aromatic heterocycles. The van der Waals surface area contributed by atoms with Crippen LogP contribution in [0.1, 0.15) is 5.56 Å². The normalized spacial score (nSPS) is 10.8. The van der Waals surface area contributed by atoms with Crippen molar-refractivity contribution in [1.29, 1.82) is 5.26 Å². The van der Waals surface area contributed by atoms with Crippen LogP contribution >= 0.6 is 0 Å². The lowest BCUT2D eigenvalue weighted by Crippen LogP contribution is -2.13. The average Bonchev–Trinajstić information content (AvgIpc) is 2.84. The van der Waals surface area contributed by atoms with Gasteiger partial charge < -0.3 is 0 Å². The number of nitriles is 1. The molecule has 7 nitrogen and oxygen atoms in total. The van der Waals surface area contributed by atoms with E-state index in [4.69, 9.17) is 5.26 Å². The number of H-pyrrole nitrogens is 1. The summed E-state index contributed by atoms with van der Waals surface area (Å²) in [6.45, 7) is 0. The lowest BCUT2D eigenvalue weighted by atomic mass is 10.3. The number of rotatable bonds is 3. The van der Waals surface area contributed by atoms with Crippen molar-refractivity contribution in [3.8, 4) is 6.07 Å². The molecule has 0 aliphatic carbocycles. The number of aromatic nitrogens is 3. The van der Waals surface area contributed by atoms with Crippen LogP contribution in [0.3, 0.4) is 0 Å². The number of anilines is 1. The van der Waals surface area contributed by atoms with Gasteiger partial charge in [0.15, 0.2) is 0 Å². The number of sulfonamides is 1. The molecular weight excluding hydrogens is 242 g/mol. The van der Waals surface area contributed by atoms with Gasteiger partial charge in [-0.25, -0.2) is 13.4 Å². The molecule has 86 valence electrons. The van der Waals surface area contributed by atoms with Gasteiger partial charge in [0, 0.05) is 12.4 Å². The number of nitrogens with zero attached hydrogens (tertiary/aromatic N) is 3. The van der Waals surface area contributed by atoms with E-state index in [2.05, 4.69) is 19.9 Å². The number of nitrogens with one attached hydrogen (secondary N) is 2. The van der Waals surface area contributed by atoms with Crippen LogP contribution < -0.4 is 4.72 Å².